The van der Waals surface area contributed by atoms with Gasteiger partial charge < -0.3 is 15.0 Å². The maximum absolute atomic E-state index is 5.81. The van der Waals surface area contributed by atoms with Crippen molar-refractivity contribution in [2.45, 2.75) is 45.7 Å². The molecule has 0 amide bonds. The molecule has 0 aliphatic carbocycles. The molecule has 3 nitrogen and oxygen atoms in total. The molecule has 0 saturated carbocycles. The largest absolute Gasteiger partial charge is 0.491 e. The molecule has 2 atom stereocenters. The number of fused-ring (bicyclic) bond motifs is 1. The minimum atomic E-state index is 0.483. The van der Waals surface area contributed by atoms with Gasteiger partial charge in [-0.25, -0.2) is 0 Å². The number of nitrogens with zero attached hydrogens (tertiary/aromatic N) is 1. The van der Waals surface area contributed by atoms with Gasteiger partial charge in [0.1, 0.15) is 5.75 Å². The van der Waals surface area contributed by atoms with Gasteiger partial charge in [0.15, 0.2) is 0 Å². The maximum Gasteiger partial charge on any atom is 0.142 e. The van der Waals surface area contributed by atoms with Crippen LogP contribution >= 0.6 is 0 Å². The van der Waals surface area contributed by atoms with Gasteiger partial charge in [0, 0.05) is 25.2 Å². The molecule has 1 aromatic rings. The van der Waals surface area contributed by atoms with Crippen LogP contribution in [0.2, 0.25) is 0 Å². The van der Waals surface area contributed by atoms with Gasteiger partial charge in [0.25, 0.3) is 0 Å². The van der Waals surface area contributed by atoms with Gasteiger partial charge in [0.05, 0.1) is 12.3 Å². The summed E-state index contributed by atoms with van der Waals surface area (Å²) in [7, 11) is 0. The molecular formula is C16H26N2O. The van der Waals surface area contributed by atoms with Gasteiger partial charge in [-0.1, -0.05) is 19.1 Å². The third-order valence-electron chi connectivity index (χ3n) is 3.88. The van der Waals surface area contributed by atoms with E-state index in [9.17, 15) is 0 Å². The predicted octanol–water partition coefficient (Wildman–Crippen LogP) is 3.05. The van der Waals surface area contributed by atoms with Gasteiger partial charge >= 0.3 is 0 Å². The van der Waals surface area contributed by atoms with Crippen LogP contribution < -0.4 is 15.0 Å². The highest BCUT2D eigenvalue weighted by molar-refractivity contribution is 5.59. The second-order valence-corrected chi connectivity index (χ2v) is 5.43. The Hall–Kier alpha value is -1.22. The zero-order valence-corrected chi connectivity index (χ0v) is 12.4. The Morgan fingerprint density at radius 1 is 1.32 bits per heavy atom. The third-order valence-corrected chi connectivity index (χ3v) is 3.88. The molecule has 0 aromatic heterocycles. The van der Waals surface area contributed by atoms with E-state index < -0.39 is 0 Å². The lowest BCUT2D eigenvalue weighted by Gasteiger charge is -2.31. The molecule has 0 spiro atoms. The molecule has 0 saturated heterocycles. The average Bonchev–Trinajstić information content (AvgIpc) is 2.66. The van der Waals surface area contributed by atoms with Crippen molar-refractivity contribution in [3.05, 3.63) is 24.3 Å². The number of benzene rings is 1. The fourth-order valence-electron chi connectivity index (χ4n) is 2.44. The first kappa shape index (κ1) is 14.2. The molecule has 3 heteroatoms. The van der Waals surface area contributed by atoms with Crippen LogP contribution in [-0.4, -0.2) is 31.8 Å². The number of rotatable bonds is 5. The van der Waals surface area contributed by atoms with Gasteiger partial charge in [-0.05, 0) is 38.8 Å². The Morgan fingerprint density at radius 3 is 2.89 bits per heavy atom. The second kappa shape index (κ2) is 6.80. The summed E-state index contributed by atoms with van der Waals surface area (Å²) in [6, 6.07) is 9.44. The van der Waals surface area contributed by atoms with Crippen LogP contribution in [-0.2, 0) is 0 Å². The number of para-hydroxylation sites is 2. The van der Waals surface area contributed by atoms with Crippen LogP contribution in [0.5, 0.6) is 5.75 Å². The van der Waals surface area contributed by atoms with E-state index in [4.69, 9.17) is 4.74 Å². The van der Waals surface area contributed by atoms with E-state index in [0.29, 0.717) is 12.1 Å². The average molecular weight is 262 g/mol. The van der Waals surface area contributed by atoms with Crippen molar-refractivity contribution >= 4 is 5.69 Å². The fraction of sp³-hybridized carbons (Fsp3) is 0.625. The minimum Gasteiger partial charge on any atom is -0.491 e. The highest BCUT2D eigenvalue weighted by Gasteiger charge is 2.20. The van der Waals surface area contributed by atoms with Crippen LogP contribution in [0.15, 0.2) is 24.3 Å². The molecule has 1 aromatic carbocycles. The van der Waals surface area contributed by atoms with E-state index in [1.165, 1.54) is 12.1 Å². The molecule has 0 radical (unpaired) electrons. The second-order valence-electron chi connectivity index (χ2n) is 5.43. The zero-order valence-electron chi connectivity index (χ0n) is 12.4. The number of nitrogens with one attached hydrogen (secondary N) is 1. The highest BCUT2D eigenvalue weighted by Crippen LogP contribution is 2.31. The van der Waals surface area contributed by atoms with Gasteiger partial charge in [-0.15, -0.1) is 0 Å². The van der Waals surface area contributed by atoms with Crippen molar-refractivity contribution in [3.8, 4) is 5.75 Å². The number of hydrogen-bond donors (Lipinski definition) is 1. The molecule has 1 aliphatic heterocycles. The Kier molecular flexibility index (Phi) is 5.08. The topological polar surface area (TPSA) is 24.5 Å². The third kappa shape index (κ3) is 3.63. The standard InChI is InChI=1S/C16H26N2O/c1-4-13(2)17-12-14(3)18-10-7-11-19-16-9-6-5-8-15(16)18/h5-6,8-9,13-14,17H,4,7,10-12H2,1-3H3. The van der Waals surface area contributed by atoms with E-state index in [0.717, 1.165) is 31.9 Å². The van der Waals surface area contributed by atoms with Crippen molar-refractivity contribution in [2.75, 3.05) is 24.6 Å². The van der Waals surface area contributed by atoms with Gasteiger partial charge in [0.2, 0.25) is 0 Å². The summed E-state index contributed by atoms with van der Waals surface area (Å²) in [6.45, 7) is 9.66. The van der Waals surface area contributed by atoms with Crippen molar-refractivity contribution in [2.24, 2.45) is 0 Å². The molecule has 2 unspecified atom stereocenters. The number of hydrogen-bond acceptors (Lipinski definition) is 3. The summed E-state index contributed by atoms with van der Waals surface area (Å²) in [5.74, 6) is 1.02. The molecule has 1 aliphatic rings. The smallest absolute Gasteiger partial charge is 0.142 e. The maximum atomic E-state index is 5.81. The van der Waals surface area contributed by atoms with E-state index in [2.05, 4.69) is 49.2 Å². The Morgan fingerprint density at radius 2 is 2.11 bits per heavy atom. The Bertz CT molecular complexity index is 394. The molecule has 0 bridgehead atoms. The quantitative estimate of drug-likeness (QED) is 0.882. The van der Waals surface area contributed by atoms with Crippen LogP contribution in [0.3, 0.4) is 0 Å². The molecule has 106 valence electrons. The lowest BCUT2D eigenvalue weighted by Crippen LogP contribution is -2.43. The zero-order chi connectivity index (χ0) is 13.7. The van der Waals surface area contributed by atoms with Crippen LogP contribution in [0.4, 0.5) is 5.69 Å². The van der Waals surface area contributed by atoms with Crippen molar-refractivity contribution in [1.29, 1.82) is 0 Å². The lowest BCUT2D eigenvalue weighted by molar-refractivity contribution is 0.322. The highest BCUT2D eigenvalue weighted by atomic mass is 16.5. The summed E-state index contributed by atoms with van der Waals surface area (Å²) in [5, 5.41) is 3.60. The Labute approximate surface area is 116 Å². The SMILES string of the molecule is CCC(C)NCC(C)N1CCCOc2ccccc21. The first-order chi connectivity index (χ1) is 9.22. The Balaban J connectivity index is 2.06. The monoisotopic (exact) mass is 262 g/mol. The summed E-state index contributed by atoms with van der Waals surface area (Å²) < 4.78 is 5.81. The van der Waals surface area contributed by atoms with Gasteiger partial charge in [-0.2, -0.15) is 0 Å². The normalized spacial score (nSPS) is 18.2. The van der Waals surface area contributed by atoms with Crippen molar-refractivity contribution in [1.82, 2.24) is 5.32 Å². The van der Waals surface area contributed by atoms with Crippen molar-refractivity contribution < 1.29 is 4.74 Å². The van der Waals surface area contributed by atoms with E-state index in [-0.39, 0.29) is 0 Å². The molecule has 2 rings (SSSR count). The molecule has 19 heavy (non-hydrogen) atoms. The summed E-state index contributed by atoms with van der Waals surface area (Å²) in [5.41, 5.74) is 1.23. The summed E-state index contributed by atoms with van der Waals surface area (Å²) >= 11 is 0. The lowest BCUT2D eigenvalue weighted by atomic mass is 10.2. The minimum absolute atomic E-state index is 0.483. The van der Waals surface area contributed by atoms with Gasteiger partial charge in [-0.3, -0.25) is 0 Å². The summed E-state index contributed by atoms with van der Waals surface area (Å²) in [4.78, 5) is 2.47. The molecule has 1 N–H and O–H groups in total. The first-order valence-electron chi connectivity index (χ1n) is 7.44. The van der Waals surface area contributed by atoms with Crippen molar-refractivity contribution in [3.63, 3.8) is 0 Å². The van der Waals surface area contributed by atoms with E-state index in [1.807, 2.05) is 6.07 Å². The number of ether oxygens (including phenoxy) is 1. The first-order valence-corrected chi connectivity index (χ1v) is 7.44. The van der Waals surface area contributed by atoms with E-state index >= 15 is 0 Å². The van der Waals surface area contributed by atoms with Crippen LogP contribution in [0.25, 0.3) is 0 Å². The number of anilines is 1. The molecular weight excluding hydrogens is 236 g/mol. The molecule has 0 fully saturated rings. The van der Waals surface area contributed by atoms with E-state index in [1.54, 1.807) is 0 Å². The van der Waals surface area contributed by atoms with Crippen LogP contribution in [0.1, 0.15) is 33.6 Å². The predicted molar refractivity (Wildman–Crippen MR) is 81.1 cm³/mol. The van der Waals surface area contributed by atoms with Crippen LogP contribution in [0, 0.1) is 0 Å². The fourth-order valence-corrected chi connectivity index (χ4v) is 2.44. The molecule has 1 heterocycles. The summed E-state index contributed by atoms with van der Waals surface area (Å²) in [6.07, 6.45) is 2.26.